The smallest absolute Gasteiger partial charge is 0.343 e. The highest BCUT2D eigenvalue weighted by Gasteiger charge is 2.22. The molecule has 0 atom stereocenters. The van der Waals surface area contributed by atoms with Gasteiger partial charge in [-0.25, -0.2) is 10.2 Å². The molecule has 5 aromatic rings. The minimum atomic E-state index is -0.587. The molecule has 0 aliphatic carbocycles. The van der Waals surface area contributed by atoms with Crippen molar-refractivity contribution >= 4 is 40.6 Å². The first-order valence-electron chi connectivity index (χ1n) is 13.6. The second-order valence-electron chi connectivity index (χ2n) is 9.56. The average molecular weight is 612 g/mol. The number of fused-ring (bicyclic) bond motifs is 2. The van der Waals surface area contributed by atoms with Gasteiger partial charge in [-0.15, -0.1) is 0 Å². The third-order valence-corrected chi connectivity index (χ3v) is 7.16. The first-order chi connectivity index (χ1) is 21.4. The summed E-state index contributed by atoms with van der Waals surface area (Å²) in [7, 11) is 1.46. The van der Waals surface area contributed by atoms with E-state index in [9.17, 15) is 9.59 Å². The van der Waals surface area contributed by atoms with Crippen molar-refractivity contribution in [3.05, 3.63) is 101 Å². The van der Waals surface area contributed by atoms with Crippen LogP contribution >= 0.6 is 11.6 Å². The number of hydrazone groups is 1. The zero-order chi connectivity index (χ0) is 30.6. The Balaban J connectivity index is 1.21. The number of hydrogen-bond donors (Lipinski definition) is 2. The summed E-state index contributed by atoms with van der Waals surface area (Å²) in [5.41, 5.74) is 5.84. The minimum absolute atomic E-state index is 0.102. The number of benzene rings is 4. The van der Waals surface area contributed by atoms with Gasteiger partial charge in [-0.2, -0.15) is 5.10 Å². The van der Waals surface area contributed by atoms with Crippen molar-refractivity contribution in [3.8, 4) is 39.9 Å². The maximum atomic E-state index is 13.4. The second-order valence-corrected chi connectivity index (χ2v) is 9.97. The van der Waals surface area contributed by atoms with E-state index in [0.29, 0.717) is 62.6 Å². The number of aromatic nitrogens is 1. The van der Waals surface area contributed by atoms with Gasteiger partial charge in [0.15, 0.2) is 23.0 Å². The molecule has 1 amide bonds. The van der Waals surface area contributed by atoms with E-state index in [4.69, 9.17) is 35.3 Å². The lowest BCUT2D eigenvalue weighted by molar-refractivity contribution is 0.0729. The number of halogens is 1. The highest BCUT2D eigenvalue weighted by Crippen LogP contribution is 2.38. The van der Waals surface area contributed by atoms with Crippen LogP contribution in [-0.4, -0.2) is 43.6 Å². The number of H-pyrrole nitrogens is 1. The maximum Gasteiger partial charge on any atom is 0.343 e. The van der Waals surface area contributed by atoms with Crippen LogP contribution in [0.1, 0.15) is 33.3 Å². The molecule has 0 bridgehead atoms. The molecule has 2 N–H and O–H groups in total. The molecule has 10 nitrogen and oxygen atoms in total. The Morgan fingerprint density at radius 3 is 2.66 bits per heavy atom. The van der Waals surface area contributed by atoms with Gasteiger partial charge < -0.3 is 28.7 Å². The first-order valence-corrected chi connectivity index (χ1v) is 14.0. The van der Waals surface area contributed by atoms with E-state index in [1.165, 1.54) is 13.3 Å². The van der Waals surface area contributed by atoms with Crippen LogP contribution in [-0.2, 0) is 0 Å². The average Bonchev–Trinajstić information content (AvgIpc) is 3.66. The van der Waals surface area contributed by atoms with Gasteiger partial charge in [0.1, 0.15) is 11.4 Å². The van der Waals surface area contributed by atoms with Gasteiger partial charge >= 0.3 is 5.97 Å². The van der Waals surface area contributed by atoms with Crippen molar-refractivity contribution < 1.29 is 33.3 Å². The molecule has 1 aliphatic rings. The molecule has 0 unspecified atom stereocenters. The zero-order valence-corrected chi connectivity index (χ0v) is 24.4. The number of hydrogen-bond acceptors (Lipinski definition) is 8. The number of nitrogens with zero attached hydrogens (tertiary/aromatic N) is 1. The van der Waals surface area contributed by atoms with E-state index in [2.05, 4.69) is 15.5 Å². The maximum absolute atomic E-state index is 13.4. The van der Waals surface area contributed by atoms with E-state index in [-0.39, 0.29) is 12.5 Å². The zero-order valence-electron chi connectivity index (χ0n) is 23.7. The van der Waals surface area contributed by atoms with Crippen LogP contribution < -0.4 is 29.1 Å². The van der Waals surface area contributed by atoms with Crippen molar-refractivity contribution in [2.45, 2.75) is 6.92 Å². The third-order valence-electron chi connectivity index (χ3n) is 6.83. The largest absolute Gasteiger partial charge is 0.494 e. The first kappa shape index (κ1) is 28.6. The van der Waals surface area contributed by atoms with Crippen LogP contribution in [0.4, 0.5) is 0 Å². The Kier molecular flexibility index (Phi) is 8.07. The normalized spacial score (nSPS) is 12.0. The quantitative estimate of drug-likeness (QED) is 0.0833. The van der Waals surface area contributed by atoms with E-state index in [1.807, 2.05) is 43.3 Å². The third kappa shape index (κ3) is 5.75. The van der Waals surface area contributed by atoms with E-state index < -0.39 is 11.9 Å². The molecule has 6 rings (SSSR count). The van der Waals surface area contributed by atoms with Gasteiger partial charge in [0.05, 0.1) is 25.5 Å². The number of nitrogens with one attached hydrogen (secondary N) is 2. The number of aromatic amines is 1. The summed E-state index contributed by atoms with van der Waals surface area (Å²) < 4.78 is 27.3. The molecular formula is C33H26ClN3O7. The summed E-state index contributed by atoms with van der Waals surface area (Å²) in [6.45, 7) is 2.52. The van der Waals surface area contributed by atoms with Crippen LogP contribution in [0.15, 0.2) is 84.0 Å². The van der Waals surface area contributed by atoms with Crippen molar-refractivity contribution in [1.82, 2.24) is 10.4 Å². The summed E-state index contributed by atoms with van der Waals surface area (Å²) in [4.78, 5) is 29.3. The Bertz CT molecular complexity index is 1920. The van der Waals surface area contributed by atoms with Gasteiger partial charge in [-0.05, 0) is 73.2 Å². The lowest BCUT2D eigenvalue weighted by Gasteiger charge is -2.10. The molecule has 11 heteroatoms. The van der Waals surface area contributed by atoms with Crippen LogP contribution in [0.2, 0.25) is 5.02 Å². The standard InChI is InChI=1S/C33H26ClN3O7/c1-3-41-21-10-11-25-23(16-21)30(22-6-4-5-7-24(22)34)31(36-25)32(38)37-35-17-19-8-12-27(28(14-19)40-2)44-33(39)20-9-13-26-29(15-20)43-18-42-26/h4-17,36H,3,18H2,1-2H3,(H,37,38). The molecule has 0 radical (unpaired) electrons. The van der Waals surface area contributed by atoms with Crippen LogP contribution in [0.5, 0.6) is 28.7 Å². The van der Waals surface area contributed by atoms with Crippen molar-refractivity contribution in [3.63, 3.8) is 0 Å². The predicted octanol–water partition coefficient (Wildman–Crippen LogP) is 6.61. The molecule has 2 heterocycles. The predicted molar refractivity (Wildman–Crippen MR) is 165 cm³/mol. The lowest BCUT2D eigenvalue weighted by atomic mass is 10.0. The van der Waals surface area contributed by atoms with Crippen molar-refractivity contribution in [2.75, 3.05) is 20.5 Å². The molecule has 1 aromatic heterocycles. The Morgan fingerprint density at radius 1 is 1.00 bits per heavy atom. The topological polar surface area (TPSA) is 120 Å². The fourth-order valence-corrected chi connectivity index (χ4v) is 5.02. The Labute approximate surface area is 257 Å². The summed E-state index contributed by atoms with van der Waals surface area (Å²) in [6.07, 6.45) is 1.45. The van der Waals surface area contributed by atoms with E-state index in [1.54, 1.807) is 42.5 Å². The fraction of sp³-hybridized carbons (Fsp3) is 0.121. The molecule has 0 saturated heterocycles. The molecule has 0 saturated carbocycles. The second kappa shape index (κ2) is 12.4. The number of carbonyl (C=O) groups is 2. The van der Waals surface area contributed by atoms with Crippen LogP contribution in [0.3, 0.4) is 0 Å². The molecule has 0 fully saturated rings. The number of amides is 1. The van der Waals surface area contributed by atoms with Crippen LogP contribution in [0.25, 0.3) is 22.0 Å². The van der Waals surface area contributed by atoms with E-state index in [0.717, 1.165) is 10.9 Å². The van der Waals surface area contributed by atoms with Gasteiger partial charge in [-0.1, -0.05) is 29.8 Å². The number of esters is 1. The molecule has 222 valence electrons. The number of methoxy groups -OCH3 is 1. The van der Waals surface area contributed by atoms with Crippen LogP contribution in [0, 0.1) is 0 Å². The van der Waals surface area contributed by atoms with Gasteiger partial charge in [0.2, 0.25) is 6.79 Å². The molecule has 1 aliphatic heterocycles. The Morgan fingerprint density at radius 2 is 1.84 bits per heavy atom. The number of ether oxygens (including phenoxy) is 5. The van der Waals surface area contributed by atoms with Gasteiger partial charge in [0.25, 0.3) is 5.91 Å². The fourth-order valence-electron chi connectivity index (χ4n) is 4.79. The van der Waals surface area contributed by atoms with Crippen molar-refractivity contribution in [2.24, 2.45) is 5.10 Å². The summed E-state index contributed by atoms with van der Waals surface area (Å²) >= 11 is 6.55. The molecular weight excluding hydrogens is 586 g/mol. The van der Waals surface area contributed by atoms with E-state index >= 15 is 0 Å². The number of rotatable bonds is 9. The summed E-state index contributed by atoms with van der Waals surface area (Å²) in [5.74, 6) is 1.18. The van der Waals surface area contributed by atoms with Gasteiger partial charge in [-0.3, -0.25) is 4.79 Å². The SMILES string of the molecule is CCOc1ccc2[nH]c(C(=O)NN=Cc3ccc(OC(=O)c4ccc5c(c4)OCO5)c(OC)c3)c(-c3ccccc3Cl)c2c1. The highest BCUT2D eigenvalue weighted by atomic mass is 35.5. The van der Waals surface area contributed by atoms with Crippen molar-refractivity contribution in [1.29, 1.82) is 0 Å². The summed E-state index contributed by atoms with van der Waals surface area (Å²) in [6, 6.07) is 22.6. The number of carbonyl (C=O) groups excluding carboxylic acids is 2. The monoisotopic (exact) mass is 611 g/mol. The lowest BCUT2D eigenvalue weighted by Crippen LogP contribution is -2.19. The highest BCUT2D eigenvalue weighted by molar-refractivity contribution is 6.34. The molecule has 0 spiro atoms. The Hall–Kier alpha value is -5.48. The minimum Gasteiger partial charge on any atom is -0.494 e. The van der Waals surface area contributed by atoms with Gasteiger partial charge in [0, 0.05) is 27.1 Å². The summed E-state index contributed by atoms with van der Waals surface area (Å²) in [5, 5.41) is 5.43. The molecule has 4 aromatic carbocycles. The molecule has 44 heavy (non-hydrogen) atoms.